The summed E-state index contributed by atoms with van der Waals surface area (Å²) in [6.07, 6.45) is 0.524. The molecule has 78 valence electrons. The van der Waals surface area contributed by atoms with Crippen LogP contribution in [0.5, 0.6) is 5.75 Å². The summed E-state index contributed by atoms with van der Waals surface area (Å²) in [6, 6.07) is 2.54. The molecule has 0 amide bonds. The Kier molecular flexibility index (Phi) is 3.43. The maximum atomic E-state index is 13.1. The lowest BCUT2D eigenvalue weighted by atomic mass is 10.0. The number of halogens is 1. The molecule has 3 nitrogen and oxygen atoms in total. The smallest absolute Gasteiger partial charge is 0.165 e. The largest absolute Gasteiger partial charge is 0.505 e. The summed E-state index contributed by atoms with van der Waals surface area (Å²) in [6.45, 7) is 2.16. The molecule has 0 aromatic heterocycles. The number of hydrogen-bond donors (Lipinski definition) is 3. The fraction of sp³-hybridized carbons (Fsp3) is 0.400. The molecule has 4 heteroatoms. The van der Waals surface area contributed by atoms with E-state index in [1.54, 1.807) is 13.0 Å². The van der Waals surface area contributed by atoms with Crippen LogP contribution in [0.2, 0.25) is 0 Å². The van der Waals surface area contributed by atoms with Gasteiger partial charge in [0, 0.05) is 11.6 Å². The number of aromatic hydroxyl groups is 1. The highest BCUT2D eigenvalue weighted by atomic mass is 19.1. The van der Waals surface area contributed by atoms with Crippen molar-refractivity contribution in [1.82, 2.24) is 0 Å². The number of benzene rings is 1. The van der Waals surface area contributed by atoms with E-state index in [-0.39, 0.29) is 5.75 Å². The molecule has 0 fully saturated rings. The Bertz CT molecular complexity index is 328. The van der Waals surface area contributed by atoms with Gasteiger partial charge in [0.25, 0.3) is 0 Å². The molecule has 0 heterocycles. The minimum Gasteiger partial charge on any atom is -0.505 e. The summed E-state index contributed by atoms with van der Waals surface area (Å²) in [5.74, 6) is -0.996. The van der Waals surface area contributed by atoms with E-state index in [1.165, 1.54) is 6.07 Å². The zero-order valence-corrected chi connectivity index (χ0v) is 8.13. The summed E-state index contributed by atoms with van der Waals surface area (Å²) in [7, 11) is 0. The van der Waals surface area contributed by atoms with E-state index in [2.05, 4.69) is 0 Å². The van der Waals surface area contributed by atoms with E-state index in [9.17, 15) is 9.50 Å². The molecule has 0 bridgehead atoms. The zero-order chi connectivity index (χ0) is 10.7. The SMILES string of the molecule is Cc1cc(F)c(O)c([C@@H](N)CCN)c1. The number of rotatable bonds is 3. The Morgan fingerprint density at radius 3 is 2.71 bits per heavy atom. The Balaban J connectivity index is 3.07. The highest BCUT2D eigenvalue weighted by Crippen LogP contribution is 2.28. The van der Waals surface area contributed by atoms with Crippen LogP contribution in [-0.4, -0.2) is 11.7 Å². The first-order valence-electron chi connectivity index (χ1n) is 4.51. The number of hydrogen-bond acceptors (Lipinski definition) is 3. The average Bonchev–Trinajstić information content (AvgIpc) is 2.11. The number of nitrogens with two attached hydrogens (primary N) is 2. The quantitative estimate of drug-likeness (QED) is 0.683. The average molecular weight is 198 g/mol. The van der Waals surface area contributed by atoms with Gasteiger partial charge in [-0.1, -0.05) is 6.07 Å². The molecule has 0 unspecified atom stereocenters. The van der Waals surface area contributed by atoms with Crippen molar-refractivity contribution in [2.24, 2.45) is 11.5 Å². The van der Waals surface area contributed by atoms with Gasteiger partial charge in [0.05, 0.1) is 0 Å². The highest BCUT2D eigenvalue weighted by molar-refractivity contribution is 5.39. The first-order valence-corrected chi connectivity index (χ1v) is 4.51. The zero-order valence-electron chi connectivity index (χ0n) is 8.13. The van der Waals surface area contributed by atoms with Crippen molar-refractivity contribution in [1.29, 1.82) is 0 Å². The summed E-state index contributed by atoms with van der Waals surface area (Å²) in [4.78, 5) is 0. The van der Waals surface area contributed by atoms with Gasteiger partial charge in [-0.05, 0) is 31.5 Å². The fourth-order valence-corrected chi connectivity index (χ4v) is 1.38. The van der Waals surface area contributed by atoms with Gasteiger partial charge in [0.15, 0.2) is 11.6 Å². The predicted molar refractivity (Wildman–Crippen MR) is 53.4 cm³/mol. The molecule has 0 spiro atoms. The van der Waals surface area contributed by atoms with Crippen molar-refractivity contribution >= 4 is 0 Å². The first-order chi connectivity index (χ1) is 6.56. The van der Waals surface area contributed by atoms with E-state index in [0.29, 0.717) is 18.5 Å². The van der Waals surface area contributed by atoms with E-state index in [0.717, 1.165) is 5.56 Å². The van der Waals surface area contributed by atoms with Crippen LogP contribution in [-0.2, 0) is 0 Å². The van der Waals surface area contributed by atoms with Crippen LogP contribution >= 0.6 is 0 Å². The molecule has 14 heavy (non-hydrogen) atoms. The number of phenols is 1. The van der Waals surface area contributed by atoms with Crippen LogP contribution in [0, 0.1) is 12.7 Å². The molecule has 1 rings (SSSR count). The van der Waals surface area contributed by atoms with E-state index < -0.39 is 11.9 Å². The lowest BCUT2D eigenvalue weighted by molar-refractivity contribution is 0.418. The topological polar surface area (TPSA) is 72.3 Å². The van der Waals surface area contributed by atoms with Crippen molar-refractivity contribution < 1.29 is 9.50 Å². The van der Waals surface area contributed by atoms with Crippen LogP contribution in [0.25, 0.3) is 0 Å². The van der Waals surface area contributed by atoms with Crippen LogP contribution < -0.4 is 11.5 Å². The maximum Gasteiger partial charge on any atom is 0.165 e. The van der Waals surface area contributed by atoms with Gasteiger partial charge in [0.2, 0.25) is 0 Å². The molecule has 1 atom stereocenters. The molecule has 1 aromatic rings. The predicted octanol–water partition coefficient (Wildman–Crippen LogP) is 1.19. The minimum atomic E-state index is -0.632. The molecule has 5 N–H and O–H groups in total. The van der Waals surface area contributed by atoms with E-state index >= 15 is 0 Å². The van der Waals surface area contributed by atoms with Crippen molar-refractivity contribution in [3.05, 3.63) is 29.1 Å². The van der Waals surface area contributed by atoms with Gasteiger partial charge in [0.1, 0.15) is 0 Å². The third kappa shape index (κ3) is 2.21. The number of phenolic OH excluding ortho intramolecular Hbond substituents is 1. The molecular weight excluding hydrogens is 183 g/mol. The fourth-order valence-electron chi connectivity index (χ4n) is 1.38. The van der Waals surface area contributed by atoms with Crippen molar-refractivity contribution in [2.75, 3.05) is 6.54 Å². The molecule has 0 saturated carbocycles. The molecule has 0 aliphatic rings. The van der Waals surface area contributed by atoms with Gasteiger partial charge >= 0.3 is 0 Å². The second-order valence-electron chi connectivity index (χ2n) is 3.37. The Labute approximate surface area is 82.5 Å². The third-order valence-electron chi connectivity index (χ3n) is 2.11. The van der Waals surface area contributed by atoms with Gasteiger partial charge in [-0.3, -0.25) is 0 Å². The standard InChI is InChI=1S/C10H15FN2O/c1-6-4-7(9(13)2-3-12)10(14)8(11)5-6/h4-5,9,14H,2-3,12-13H2,1H3/t9-/m0/s1. The van der Waals surface area contributed by atoms with Crippen molar-refractivity contribution in [2.45, 2.75) is 19.4 Å². The molecule has 0 aliphatic heterocycles. The van der Waals surface area contributed by atoms with Crippen LogP contribution in [0.3, 0.4) is 0 Å². The molecule has 1 aromatic carbocycles. The lowest BCUT2D eigenvalue weighted by Crippen LogP contribution is -2.15. The minimum absolute atomic E-state index is 0.364. The van der Waals surface area contributed by atoms with Gasteiger partial charge in [-0.15, -0.1) is 0 Å². The number of aryl methyl sites for hydroxylation is 1. The normalized spacial score (nSPS) is 12.9. The summed E-state index contributed by atoms with van der Waals surface area (Å²) >= 11 is 0. The third-order valence-corrected chi connectivity index (χ3v) is 2.11. The molecule has 0 aliphatic carbocycles. The lowest BCUT2D eigenvalue weighted by Gasteiger charge is -2.13. The Hall–Kier alpha value is -1.13. The second kappa shape index (κ2) is 4.39. The van der Waals surface area contributed by atoms with E-state index in [4.69, 9.17) is 11.5 Å². The molecular formula is C10H15FN2O. The van der Waals surface area contributed by atoms with Crippen molar-refractivity contribution in [3.63, 3.8) is 0 Å². The van der Waals surface area contributed by atoms with Crippen LogP contribution in [0.15, 0.2) is 12.1 Å². The molecule has 0 radical (unpaired) electrons. The molecule has 0 saturated heterocycles. The highest BCUT2D eigenvalue weighted by Gasteiger charge is 2.14. The van der Waals surface area contributed by atoms with Crippen molar-refractivity contribution in [3.8, 4) is 5.75 Å². The Morgan fingerprint density at radius 1 is 1.50 bits per heavy atom. The maximum absolute atomic E-state index is 13.1. The van der Waals surface area contributed by atoms with Gasteiger partial charge < -0.3 is 16.6 Å². The summed E-state index contributed by atoms with van der Waals surface area (Å²) in [5, 5.41) is 9.42. The second-order valence-corrected chi connectivity index (χ2v) is 3.37. The first kappa shape index (κ1) is 10.9. The Morgan fingerprint density at radius 2 is 2.14 bits per heavy atom. The van der Waals surface area contributed by atoms with Crippen LogP contribution in [0.1, 0.15) is 23.6 Å². The summed E-state index contributed by atoms with van der Waals surface area (Å²) < 4.78 is 13.1. The monoisotopic (exact) mass is 198 g/mol. The summed E-state index contributed by atoms with van der Waals surface area (Å²) in [5.41, 5.74) is 12.2. The van der Waals surface area contributed by atoms with Gasteiger partial charge in [-0.2, -0.15) is 0 Å². The van der Waals surface area contributed by atoms with Gasteiger partial charge in [-0.25, -0.2) is 4.39 Å². The van der Waals surface area contributed by atoms with E-state index in [1.807, 2.05) is 0 Å². The van der Waals surface area contributed by atoms with Crippen LogP contribution in [0.4, 0.5) is 4.39 Å².